The van der Waals surface area contributed by atoms with Gasteiger partial charge in [-0.1, -0.05) is 23.7 Å². The molecule has 0 saturated heterocycles. The molecule has 0 fully saturated rings. The lowest BCUT2D eigenvalue weighted by Gasteiger charge is -2.31. The van der Waals surface area contributed by atoms with E-state index < -0.39 is 27.7 Å². The van der Waals surface area contributed by atoms with Gasteiger partial charge in [-0.25, -0.2) is 17.6 Å². The van der Waals surface area contributed by atoms with Crippen LogP contribution in [0.4, 0.5) is 14.9 Å². The summed E-state index contributed by atoms with van der Waals surface area (Å²) in [4.78, 5) is 26.4. The third kappa shape index (κ3) is 7.02. The van der Waals surface area contributed by atoms with Crippen LogP contribution in [0.15, 0.2) is 53.1 Å². The number of halogens is 3. The third-order valence-electron chi connectivity index (χ3n) is 4.82. The number of rotatable bonds is 7. The number of hydrogen-bond donors (Lipinski definition) is 1. The molecule has 2 amide bonds. The van der Waals surface area contributed by atoms with E-state index in [2.05, 4.69) is 21.2 Å². The molecule has 11 heteroatoms. The average molecular weight is 560 g/mol. The summed E-state index contributed by atoms with van der Waals surface area (Å²) < 4.78 is 41.9. The number of amides is 2. The highest BCUT2D eigenvalue weighted by Crippen LogP contribution is 2.36. The van der Waals surface area contributed by atoms with Gasteiger partial charge < -0.3 is 10.1 Å². The number of sulfone groups is 1. The van der Waals surface area contributed by atoms with E-state index >= 15 is 0 Å². The van der Waals surface area contributed by atoms with Gasteiger partial charge in [0, 0.05) is 29.4 Å². The second kappa shape index (κ2) is 10.7. The molecule has 1 heterocycles. The molecule has 176 valence electrons. The number of ketones is 1. The van der Waals surface area contributed by atoms with E-state index in [0.29, 0.717) is 22.1 Å². The monoisotopic (exact) mass is 558 g/mol. The Morgan fingerprint density at radius 2 is 2.00 bits per heavy atom. The summed E-state index contributed by atoms with van der Waals surface area (Å²) in [6.07, 6.45) is 4.20. The molecule has 0 radical (unpaired) electrons. The van der Waals surface area contributed by atoms with Crippen LogP contribution >= 0.6 is 27.5 Å². The van der Waals surface area contributed by atoms with Crippen LogP contribution in [0, 0.1) is 5.82 Å². The maximum atomic E-state index is 13.3. The topological polar surface area (TPSA) is 92.8 Å². The van der Waals surface area contributed by atoms with Gasteiger partial charge in [-0.3, -0.25) is 9.69 Å². The first kappa shape index (κ1) is 25.2. The maximum absolute atomic E-state index is 13.3. The molecule has 0 aromatic heterocycles. The standard InChI is InChI=1S/C22H21BrClFN2O5S/c1-33(30,31)10-2-9-32-21-13-19(17(23)12-18(21)24)26-22(29)27-8-7-16(28)11-20(27)14-3-5-15(25)6-4-14/h3-8,12-13,20H,2,9-11H2,1H3,(H,26,29)/t20-/m0/s1. The Bertz CT molecular complexity index is 1190. The van der Waals surface area contributed by atoms with Gasteiger partial charge in [0.1, 0.15) is 21.4 Å². The van der Waals surface area contributed by atoms with Crippen LogP contribution < -0.4 is 10.1 Å². The van der Waals surface area contributed by atoms with Gasteiger partial charge in [-0.15, -0.1) is 0 Å². The minimum absolute atomic E-state index is 0.0183. The zero-order valence-electron chi connectivity index (χ0n) is 17.6. The number of anilines is 1. The van der Waals surface area contributed by atoms with Crippen LogP contribution in [0.25, 0.3) is 0 Å². The lowest BCUT2D eigenvalue weighted by atomic mass is 9.97. The highest BCUT2D eigenvalue weighted by Gasteiger charge is 2.29. The van der Waals surface area contributed by atoms with Crippen molar-refractivity contribution < 1.29 is 27.1 Å². The Balaban J connectivity index is 1.76. The first-order chi connectivity index (χ1) is 15.5. The lowest BCUT2D eigenvalue weighted by molar-refractivity contribution is -0.116. The van der Waals surface area contributed by atoms with Crippen molar-refractivity contribution in [2.75, 3.05) is 23.9 Å². The van der Waals surface area contributed by atoms with E-state index in [4.69, 9.17) is 16.3 Å². The van der Waals surface area contributed by atoms with Crippen LogP contribution in [0.3, 0.4) is 0 Å². The predicted molar refractivity (Wildman–Crippen MR) is 128 cm³/mol. The van der Waals surface area contributed by atoms with Crippen LogP contribution in [0.2, 0.25) is 5.02 Å². The minimum Gasteiger partial charge on any atom is -0.492 e. The number of carbonyl (C=O) groups is 2. The van der Waals surface area contributed by atoms with E-state index in [9.17, 15) is 22.4 Å². The Morgan fingerprint density at radius 3 is 2.67 bits per heavy atom. The molecule has 7 nitrogen and oxygen atoms in total. The van der Waals surface area contributed by atoms with E-state index in [1.807, 2.05) is 0 Å². The summed E-state index contributed by atoms with van der Waals surface area (Å²) in [6, 6.07) is 7.59. The molecule has 1 aliphatic rings. The van der Waals surface area contributed by atoms with Crippen molar-refractivity contribution in [2.45, 2.75) is 18.9 Å². The summed E-state index contributed by atoms with van der Waals surface area (Å²) in [5.41, 5.74) is 0.986. The quantitative estimate of drug-likeness (QED) is 0.476. The highest BCUT2D eigenvalue weighted by atomic mass is 79.9. The molecule has 0 bridgehead atoms. The number of urea groups is 1. The molecule has 0 spiro atoms. The zero-order chi connectivity index (χ0) is 24.2. The molecule has 1 aliphatic heterocycles. The smallest absolute Gasteiger partial charge is 0.326 e. The average Bonchev–Trinajstić information content (AvgIpc) is 2.73. The van der Waals surface area contributed by atoms with Crippen molar-refractivity contribution >= 4 is 54.9 Å². The molecule has 2 aromatic carbocycles. The lowest BCUT2D eigenvalue weighted by Crippen LogP contribution is -2.37. The zero-order valence-corrected chi connectivity index (χ0v) is 20.7. The van der Waals surface area contributed by atoms with Gasteiger partial charge in [-0.2, -0.15) is 0 Å². The van der Waals surface area contributed by atoms with Gasteiger partial charge in [0.15, 0.2) is 5.78 Å². The second-order valence-corrected chi connectivity index (χ2v) is 11.0. The number of carbonyl (C=O) groups excluding carboxylic acids is 2. The summed E-state index contributed by atoms with van der Waals surface area (Å²) in [6.45, 7) is 0.130. The fourth-order valence-electron chi connectivity index (χ4n) is 3.22. The van der Waals surface area contributed by atoms with E-state index in [-0.39, 0.29) is 35.3 Å². The molecular formula is C22H21BrClFN2O5S. The van der Waals surface area contributed by atoms with Crippen LogP contribution in [0.5, 0.6) is 5.75 Å². The number of nitrogens with one attached hydrogen (secondary N) is 1. The van der Waals surface area contributed by atoms with Crippen molar-refractivity contribution in [2.24, 2.45) is 0 Å². The number of nitrogens with zero attached hydrogens (tertiary/aromatic N) is 1. The van der Waals surface area contributed by atoms with Gasteiger partial charge >= 0.3 is 6.03 Å². The van der Waals surface area contributed by atoms with E-state index in [1.54, 1.807) is 6.07 Å². The maximum Gasteiger partial charge on any atom is 0.326 e. The highest BCUT2D eigenvalue weighted by molar-refractivity contribution is 9.10. The van der Waals surface area contributed by atoms with Gasteiger partial charge in [0.25, 0.3) is 0 Å². The van der Waals surface area contributed by atoms with Crippen LogP contribution in [-0.4, -0.2) is 43.7 Å². The van der Waals surface area contributed by atoms with Crippen LogP contribution in [0.1, 0.15) is 24.4 Å². The summed E-state index contributed by atoms with van der Waals surface area (Å²) in [7, 11) is -3.10. The molecule has 0 unspecified atom stereocenters. The molecular weight excluding hydrogens is 539 g/mol. The Labute approximate surface area is 204 Å². The fraction of sp³-hybridized carbons (Fsp3) is 0.273. The second-order valence-electron chi connectivity index (χ2n) is 7.49. The van der Waals surface area contributed by atoms with Crippen molar-refractivity contribution in [3.63, 3.8) is 0 Å². The fourth-order valence-corrected chi connectivity index (χ4v) is 4.65. The SMILES string of the molecule is CS(=O)(=O)CCCOc1cc(NC(=O)N2C=CC(=O)C[C@H]2c2ccc(F)cc2)c(Br)cc1Cl. The van der Waals surface area contributed by atoms with E-state index in [0.717, 1.165) is 6.26 Å². The van der Waals surface area contributed by atoms with Crippen molar-refractivity contribution in [3.8, 4) is 5.75 Å². The van der Waals surface area contributed by atoms with Crippen LogP contribution in [-0.2, 0) is 14.6 Å². The number of ether oxygens (including phenoxy) is 1. The Morgan fingerprint density at radius 1 is 1.30 bits per heavy atom. The van der Waals surface area contributed by atoms with Crippen molar-refractivity contribution in [3.05, 3.63) is 69.6 Å². The predicted octanol–water partition coefficient (Wildman–Crippen LogP) is 5.12. The summed E-state index contributed by atoms with van der Waals surface area (Å²) in [5, 5.41) is 3.04. The molecule has 1 atom stereocenters. The van der Waals surface area contributed by atoms with Crippen molar-refractivity contribution in [1.29, 1.82) is 0 Å². The van der Waals surface area contributed by atoms with Gasteiger partial charge in [0.2, 0.25) is 0 Å². The normalized spacial score (nSPS) is 16.1. The van der Waals surface area contributed by atoms with E-state index in [1.165, 1.54) is 47.5 Å². The largest absolute Gasteiger partial charge is 0.492 e. The third-order valence-corrected chi connectivity index (χ3v) is 6.80. The van der Waals surface area contributed by atoms with Gasteiger partial charge in [0.05, 0.1) is 29.1 Å². The number of hydrogen-bond acceptors (Lipinski definition) is 5. The first-order valence-electron chi connectivity index (χ1n) is 9.89. The molecule has 33 heavy (non-hydrogen) atoms. The molecule has 3 rings (SSSR count). The summed E-state index contributed by atoms with van der Waals surface area (Å²) in [5.74, 6) is -0.300. The Hall–Kier alpha value is -2.43. The molecule has 0 saturated carbocycles. The number of allylic oxidation sites excluding steroid dienone is 1. The summed E-state index contributed by atoms with van der Waals surface area (Å²) >= 11 is 9.56. The molecule has 2 aromatic rings. The first-order valence-corrected chi connectivity index (χ1v) is 13.1. The molecule has 1 N–H and O–H groups in total. The minimum atomic E-state index is -3.10. The number of benzene rings is 2. The Kier molecular flexibility index (Phi) is 8.14. The van der Waals surface area contributed by atoms with Crippen molar-refractivity contribution in [1.82, 2.24) is 4.90 Å². The van der Waals surface area contributed by atoms with Gasteiger partial charge in [-0.05, 0) is 52.2 Å². The molecule has 0 aliphatic carbocycles.